The number of halogens is 3. The minimum Gasteiger partial charge on any atom is -0.342 e. The van der Waals surface area contributed by atoms with Crippen molar-refractivity contribution in [1.29, 1.82) is 0 Å². The van der Waals surface area contributed by atoms with Crippen LogP contribution in [0.3, 0.4) is 0 Å². The van der Waals surface area contributed by atoms with Gasteiger partial charge in [-0.25, -0.2) is 0 Å². The average Bonchev–Trinajstić information content (AvgIpc) is 3.09. The van der Waals surface area contributed by atoms with Crippen LogP contribution in [0.15, 0.2) is 0 Å². The summed E-state index contributed by atoms with van der Waals surface area (Å²) in [7, 11) is 0. The number of anilines is 1. The second kappa shape index (κ2) is 4.90. The van der Waals surface area contributed by atoms with Gasteiger partial charge in [0.15, 0.2) is 0 Å². The third kappa shape index (κ3) is 2.55. The Morgan fingerprint density at radius 1 is 1.21 bits per heavy atom. The summed E-state index contributed by atoms with van der Waals surface area (Å²) >= 11 is 0.651. The van der Waals surface area contributed by atoms with Gasteiger partial charge >= 0.3 is 6.18 Å². The van der Waals surface area contributed by atoms with E-state index in [4.69, 9.17) is 0 Å². The Bertz CT molecular complexity index is 441. The molecule has 2 aliphatic heterocycles. The molecule has 0 saturated carbocycles. The molecule has 0 bridgehead atoms. The van der Waals surface area contributed by atoms with Gasteiger partial charge in [-0.05, 0) is 32.2 Å². The van der Waals surface area contributed by atoms with E-state index in [9.17, 15) is 13.2 Å². The monoisotopic (exact) mass is 292 g/mol. The summed E-state index contributed by atoms with van der Waals surface area (Å²) in [5.74, 6) is 0. The lowest BCUT2D eigenvalue weighted by Gasteiger charge is -2.28. The first kappa shape index (κ1) is 13.1. The average molecular weight is 292 g/mol. The van der Waals surface area contributed by atoms with E-state index in [0.29, 0.717) is 22.5 Å². The highest BCUT2D eigenvalue weighted by Gasteiger charge is 2.39. The fourth-order valence-electron chi connectivity index (χ4n) is 2.93. The van der Waals surface area contributed by atoms with Crippen LogP contribution in [0, 0.1) is 0 Å². The van der Waals surface area contributed by atoms with E-state index in [1.165, 1.54) is 0 Å². The van der Waals surface area contributed by atoms with Gasteiger partial charge in [-0.2, -0.15) is 13.2 Å². The number of hydrogen-bond donors (Lipinski definition) is 1. The van der Waals surface area contributed by atoms with E-state index in [2.05, 4.69) is 15.5 Å². The molecule has 2 saturated heterocycles. The predicted molar refractivity (Wildman–Crippen MR) is 66.3 cm³/mol. The van der Waals surface area contributed by atoms with E-state index in [0.717, 1.165) is 38.8 Å². The van der Waals surface area contributed by atoms with Crippen LogP contribution in [0.2, 0.25) is 0 Å². The normalized spacial score (nSPS) is 28.3. The van der Waals surface area contributed by atoms with Crippen LogP contribution in [-0.2, 0) is 6.18 Å². The zero-order chi connectivity index (χ0) is 13.5. The summed E-state index contributed by atoms with van der Waals surface area (Å²) in [6.45, 7) is 1.77. The van der Waals surface area contributed by atoms with Crippen molar-refractivity contribution in [2.75, 3.05) is 18.0 Å². The van der Waals surface area contributed by atoms with Crippen LogP contribution in [0.25, 0.3) is 0 Å². The molecule has 2 unspecified atom stereocenters. The number of alkyl halides is 3. The number of aromatic nitrogens is 2. The molecule has 0 radical (unpaired) electrons. The number of nitrogens with zero attached hydrogens (tertiary/aromatic N) is 3. The zero-order valence-electron chi connectivity index (χ0n) is 10.3. The SMILES string of the molecule is FC(F)(F)c1nnc(N2CCCC2C2CCCN2)s1. The molecule has 3 heterocycles. The molecule has 0 aromatic carbocycles. The van der Waals surface area contributed by atoms with Crippen LogP contribution < -0.4 is 10.2 Å². The summed E-state index contributed by atoms with van der Waals surface area (Å²) in [4.78, 5) is 2.00. The fraction of sp³-hybridized carbons (Fsp3) is 0.818. The molecular formula is C11H15F3N4S. The molecule has 1 aromatic heterocycles. The van der Waals surface area contributed by atoms with Crippen molar-refractivity contribution < 1.29 is 13.2 Å². The van der Waals surface area contributed by atoms with E-state index < -0.39 is 11.2 Å². The summed E-state index contributed by atoms with van der Waals surface area (Å²) in [5, 5.41) is 9.99. The van der Waals surface area contributed by atoms with Crippen LogP contribution in [-0.4, -0.2) is 35.4 Å². The lowest BCUT2D eigenvalue weighted by atomic mass is 10.0. The maximum absolute atomic E-state index is 12.6. The van der Waals surface area contributed by atoms with Crippen LogP contribution in [0.1, 0.15) is 30.7 Å². The Kier molecular flexibility index (Phi) is 3.38. The van der Waals surface area contributed by atoms with Crippen molar-refractivity contribution in [2.45, 2.75) is 43.9 Å². The Morgan fingerprint density at radius 2 is 2.05 bits per heavy atom. The fourth-order valence-corrected chi connectivity index (χ4v) is 3.73. The van der Waals surface area contributed by atoms with Crippen molar-refractivity contribution in [3.8, 4) is 0 Å². The van der Waals surface area contributed by atoms with Crippen molar-refractivity contribution in [3.05, 3.63) is 5.01 Å². The van der Waals surface area contributed by atoms with Crippen LogP contribution in [0.4, 0.5) is 18.3 Å². The zero-order valence-corrected chi connectivity index (χ0v) is 11.1. The standard InChI is InChI=1S/C11H15F3N4S/c12-11(13,14)9-16-17-10(19-9)18-6-2-4-8(18)7-3-1-5-15-7/h7-8,15H,1-6H2. The molecule has 4 nitrogen and oxygen atoms in total. The van der Waals surface area contributed by atoms with Gasteiger partial charge in [0, 0.05) is 18.6 Å². The first-order chi connectivity index (χ1) is 9.05. The quantitative estimate of drug-likeness (QED) is 0.908. The molecule has 3 rings (SSSR count). The first-order valence-electron chi connectivity index (χ1n) is 6.46. The minimum atomic E-state index is -4.39. The predicted octanol–water partition coefficient (Wildman–Crippen LogP) is 2.28. The van der Waals surface area contributed by atoms with Crippen molar-refractivity contribution in [2.24, 2.45) is 0 Å². The van der Waals surface area contributed by atoms with E-state index >= 15 is 0 Å². The molecule has 2 aliphatic rings. The number of rotatable bonds is 2. The van der Waals surface area contributed by atoms with E-state index in [1.807, 2.05) is 4.90 Å². The summed E-state index contributed by atoms with van der Waals surface area (Å²) in [6, 6.07) is 0.636. The van der Waals surface area contributed by atoms with Crippen molar-refractivity contribution in [3.63, 3.8) is 0 Å². The molecule has 19 heavy (non-hydrogen) atoms. The second-order valence-electron chi connectivity index (χ2n) is 4.99. The lowest BCUT2D eigenvalue weighted by Crippen LogP contribution is -2.44. The molecule has 1 N–H and O–H groups in total. The molecule has 0 amide bonds. The van der Waals surface area contributed by atoms with Crippen molar-refractivity contribution >= 4 is 16.5 Å². The molecular weight excluding hydrogens is 277 g/mol. The second-order valence-corrected chi connectivity index (χ2v) is 5.95. The minimum absolute atomic E-state index is 0.261. The Balaban J connectivity index is 1.78. The van der Waals surface area contributed by atoms with Gasteiger partial charge in [0.25, 0.3) is 0 Å². The third-order valence-corrected chi connectivity index (χ3v) is 4.77. The largest absolute Gasteiger partial charge is 0.445 e. The maximum atomic E-state index is 12.6. The summed E-state index contributed by atoms with van der Waals surface area (Å²) < 4.78 is 37.7. The Morgan fingerprint density at radius 3 is 2.68 bits per heavy atom. The summed E-state index contributed by atoms with van der Waals surface area (Å²) in [5.41, 5.74) is 0. The highest BCUT2D eigenvalue weighted by molar-refractivity contribution is 7.15. The topological polar surface area (TPSA) is 41.1 Å². The molecule has 0 spiro atoms. The number of nitrogens with one attached hydrogen (secondary N) is 1. The molecule has 2 atom stereocenters. The van der Waals surface area contributed by atoms with Gasteiger partial charge < -0.3 is 10.2 Å². The molecule has 1 aromatic rings. The summed E-state index contributed by atoms with van der Waals surface area (Å²) in [6.07, 6.45) is -0.149. The Hall–Kier alpha value is -0.890. The van der Waals surface area contributed by atoms with E-state index in [1.54, 1.807) is 0 Å². The highest BCUT2D eigenvalue weighted by atomic mass is 32.1. The third-order valence-electron chi connectivity index (χ3n) is 3.76. The molecule has 8 heteroatoms. The van der Waals surface area contributed by atoms with Gasteiger partial charge in [-0.3, -0.25) is 0 Å². The lowest BCUT2D eigenvalue weighted by molar-refractivity contribution is -0.138. The van der Waals surface area contributed by atoms with E-state index in [-0.39, 0.29) is 6.04 Å². The van der Waals surface area contributed by atoms with Crippen molar-refractivity contribution in [1.82, 2.24) is 15.5 Å². The Labute approximate surface area is 113 Å². The number of hydrogen-bond acceptors (Lipinski definition) is 5. The van der Waals surface area contributed by atoms with Gasteiger partial charge in [0.2, 0.25) is 10.1 Å². The highest BCUT2D eigenvalue weighted by Crippen LogP contribution is 2.37. The van der Waals surface area contributed by atoms with Gasteiger partial charge in [-0.15, -0.1) is 10.2 Å². The molecule has 106 valence electrons. The molecule has 0 aliphatic carbocycles. The van der Waals surface area contributed by atoms with Gasteiger partial charge in [0.05, 0.1) is 0 Å². The maximum Gasteiger partial charge on any atom is 0.445 e. The van der Waals surface area contributed by atoms with Crippen LogP contribution >= 0.6 is 11.3 Å². The van der Waals surface area contributed by atoms with Crippen LogP contribution in [0.5, 0.6) is 0 Å². The first-order valence-corrected chi connectivity index (χ1v) is 7.28. The van der Waals surface area contributed by atoms with Gasteiger partial charge in [-0.1, -0.05) is 11.3 Å². The van der Waals surface area contributed by atoms with Gasteiger partial charge in [0.1, 0.15) is 0 Å². The molecule has 2 fully saturated rings. The smallest absolute Gasteiger partial charge is 0.342 e.